The van der Waals surface area contributed by atoms with Crippen LogP contribution in [0.5, 0.6) is 0 Å². The quantitative estimate of drug-likeness (QED) is 0.180. The van der Waals surface area contributed by atoms with Crippen LogP contribution >= 0.6 is 0 Å². The lowest BCUT2D eigenvalue weighted by molar-refractivity contribution is 0.669. The van der Waals surface area contributed by atoms with Crippen molar-refractivity contribution < 1.29 is 8.83 Å². The molecule has 11 rings (SSSR count). The normalized spacial score (nSPS) is 11.7. The van der Waals surface area contributed by atoms with E-state index in [2.05, 4.69) is 140 Å². The number of rotatable bonds is 5. The minimum absolute atomic E-state index is 0.557. The Balaban J connectivity index is 1.10. The molecule has 0 spiro atoms. The van der Waals surface area contributed by atoms with Gasteiger partial charge < -0.3 is 8.83 Å². The molecule has 3 aromatic heterocycles. The molecule has 0 amide bonds. The summed E-state index contributed by atoms with van der Waals surface area (Å²) in [4.78, 5) is 15.3. The molecule has 0 atom stereocenters. The summed E-state index contributed by atoms with van der Waals surface area (Å²) in [6.07, 6.45) is 0. The molecule has 0 aliphatic rings. The molecule has 0 fully saturated rings. The van der Waals surface area contributed by atoms with Crippen molar-refractivity contribution in [1.29, 1.82) is 0 Å². The fourth-order valence-corrected chi connectivity index (χ4v) is 7.69. The molecule has 0 N–H and O–H groups in total. The summed E-state index contributed by atoms with van der Waals surface area (Å²) in [6.45, 7) is 0. The largest absolute Gasteiger partial charge is 0.456 e. The van der Waals surface area contributed by atoms with Gasteiger partial charge in [-0.25, -0.2) is 15.0 Å². The minimum Gasteiger partial charge on any atom is -0.456 e. The van der Waals surface area contributed by atoms with E-state index in [0.29, 0.717) is 17.5 Å². The summed E-state index contributed by atoms with van der Waals surface area (Å²) in [7, 11) is 0. The Morgan fingerprint density at radius 1 is 0.278 bits per heavy atom. The van der Waals surface area contributed by atoms with Gasteiger partial charge in [-0.1, -0.05) is 133 Å². The van der Waals surface area contributed by atoms with E-state index in [1.165, 1.54) is 11.1 Å². The molecule has 0 saturated carbocycles. The van der Waals surface area contributed by atoms with Gasteiger partial charge in [0.05, 0.1) is 0 Å². The summed E-state index contributed by atoms with van der Waals surface area (Å²) >= 11 is 0. The van der Waals surface area contributed by atoms with Gasteiger partial charge in [-0.05, 0) is 70.1 Å². The number of aromatic nitrogens is 3. The number of benzene rings is 8. The number of hydrogen-bond acceptors (Lipinski definition) is 5. The van der Waals surface area contributed by atoms with E-state index in [9.17, 15) is 0 Å². The Bertz CT molecular complexity index is 3220. The number of nitrogens with zero attached hydrogens (tertiary/aromatic N) is 3. The summed E-state index contributed by atoms with van der Waals surface area (Å²) < 4.78 is 13.0. The van der Waals surface area contributed by atoms with Crippen molar-refractivity contribution in [2.24, 2.45) is 0 Å². The van der Waals surface area contributed by atoms with Crippen LogP contribution in [0.4, 0.5) is 0 Å². The van der Waals surface area contributed by atoms with Crippen molar-refractivity contribution in [3.8, 4) is 56.4 Å². The molecule has 5 heteroatoms. The van der Waals surface area contributed by atoms with E-state index in [0.717, 1.165) is 82.5 Å². The van der Waals surface area contributed by atoms with E-state index in [1.54, 1.807) is 0 Å². The molecule has 3 heterocycles. The zero-order valence-electron chi connectivity index (χ0n) is 28.9. The molecule has 252 valence electrons. The fourth-order valence-electron chi connectivity index (χ4n) is 7.69. The number of hydrogen-bond donors (Lipinski definition) is 0. The van der Waals surface area contributed by atoms with Crippen molar-refractivity contribution in [1.82, 2.24) is 15.0 Å². The number of furan rings is 2. The van der Waals surface area contributed by atoms with Crippen LogP contribution in [-0.2, 0) is 0 Å². The van der Waals surface area contributed by atoms with Gasteiger partial charge >= 0.3 is 0 Å². The van der Waals surface area contributed by atoms with Crippen LogP contribution in [-0.4, -0.2) is 15.0 Å². The van der Waals surface area contributed by atoms with Crippen molar-refractivity contribution in [3.05, 3.63) is 176 Å². The standard InChI is InChI=1S/C49H29N3O2/c1-3-12-30(13-4-1)32-16-11-17-33(26-32)47-50-48(34-22-24-38-37-19-9-10-21-43(37)53-44(38)27-34)52-49(51-47)35-23-25-39-42-29-41(31-14-5-2-6-15-31)36-18-7-8-20-40(36)46(42)54-45(39)28-35/h1-29H. The summed E-state index contributed by atoms with van der Waals surface area (Å²) in [5.41, 5.74) is 10.4. The molecule has 0 bridgehead atoms. The molecule has 0 saturated heterocycles. The van der Waals surface area contributed by atoms with Gasteiger partial charge in [0.2, 0.25) is 0 Å². The SMILES string of the molecule is c1ccc(-c2cccc(-c3nc(-c4ccc5c(c4)oc4ccccc45)nc(-c4ccc5c(c4)oc4c6ccccc6c(-c6ccccc6)cc54)n3)c2)cc1. The van der Waals surface area contributed by atoms with Gasteiger partial charge in [0, 0.05) is 43.6 Å². The zero-order valence-corrected chi connectivity index (χ0v) is 28.9. The van der Waals surface area contributed by atoms with Gasteiger partial charge in [0.25, 0.3) is 0 Å². The lowest BCUT2D eigenvalue weighted by Gasteiger charge is -2.10. The number of fused-ring (bicyclic) bond motifs is 8. The summed E-state index contributed by atoms with van der Waals surface area (Å²) in [5.74, 6) is 1.70. The molecule has 0 radical (unpaired) electrons. The lowest BCUT2D eigenvalue weighted by atomic mass is 9.95. The Kier molecular flexibility index (Phi) is 6.79. The molecule has 8 aromatic carbocycles. The van der Waals surface area contributed by atoms with Crippen LogP contribution < -0.4 is 0 Å². The molecule has 5 nitrogen and oxygen atoms in total. The van der Waals surface area contributed by atoms with Crippen molar-refractivity contribution in [3.63, 3.8) is 0 Å². The van der Waals surface area contributed by atoms with Gasteiger partial charge in [0.15, 0.2) is 17.5 Å². The first-order chi connectivity index (χ1) is 26.7. The van der Waals surface area contributed by atoms with Crippen molar-refractivity contribution in [2.75, 3.05) is 0 Å². The molecular weight excluding hydrogens is 663 g/mol. The molecule has 54 heavy (non-hydrogen) atoms. The molecule has 0 unspecified atom stereocenters. The van der Waals surface area contributed by atoms with Crippen LogP contribution in [0.2, 0.25) is 0 Å². The minimum atomic E-state index is 0.557. The summed E-state index contributed by atoms with van der Waals surface area (Å²) in [5, 5.41) is 6.48. The molecular formula is C49H29N3O2. The first-order valence-electron chi connectivity index (χ1n) is 18.0. The van der Waals surface area contributed by atoms with Crippen LogP contribution in [0.3, 0.4) is 0 Å². The Morgan fingerprint density at radius 3 is 1.48 bits per heavy atom. The fraction of sp³-hybridized carbons (Fsp3) is 0. The predicted molar refractivity (Wildman–Crippen MR) is 219 cm³/mol. The average Bonchev–Trinajstić information content (AvgIpc) is 3.81. The number of para-hydroxylation sites is 1. The van der Waals surface area contributed by atoms with Crippen LogP contribution in [0.25, 0.3) is 111 Å². The van der Waals surface area contributed by atoms with E-state index in [-0.39, 0.29) is 0 Å². The first kappa shape index (κ1) is 30.3. The smallest absolute Gasteiger partial charge is 0.164 e. The van der Waals surface area contributed by atoms with Crippen LogP contribution in [0.15, 0.2) is 185 Å². The summed E-state index contributed by atoms with van der Waals surface area (Å²) in [6, 6.07) is 60.5. The second kappa shape index (κ2) is 12.1. The van der Waals surface area contributed by atoms with E-state index < -0.39 is 0 Å². The molecule has 0 aliphatic heterocycles. The third kappa shape index (κ3) is 4.98. The highest BCUT2D eigenvalue weighted by atomic mass is 16.3. The highest BCUT2D eigenvalue weighted by molar-refractivity contribution is 6.19. The topological polar surface area (TPSA) is 65.0 Å². The molecule has 0 aliphatic carbocycles. The highest BCUT2D eigenvalue weighted by Crippen LogP contribution is 2.41. The van der Waals surface area contributed by atoms with Gasteiger partial charge in [-0.3, -0.25) is 0 Å². The highest BCUT2D eigenvalue weighted by Gasteiger charge is 2.18. The van der Waals surface area contributed by atoms with Gasteiger partial charge in [0.1, 0.15) is 22.3 Å². The third-order valence-corrected chi connectivity index (χ3v) is 10.3. The second-order valence-electron chi connectivity index (χ2n) is 13.6. The maximum absolute atomic E-state index is 6.71. The van der Waals surface area contributed by atoms with Crippen molar-refractivity contribution in [2.45, 2.75) is 0 Å². The average molecular weight is 692 g/mol. The Hall–Kier alpha value is -7.37. The van der Waals surface area contributed by atoms with Gasteiger partial charge in [-0.15, -0.1) is 0 Å². The Labute approximate surface area is 309 Å². The van der Waals surface area contributed by atoms with E-state index in [1.807, 2.05) is 36.4 Å². The van der Waals surface area contributed by atoms with Crippen molar-refractivity contribution >= 4 is 54.6 Å². The van der Waals surface area contributed by atoms with E-state index >= 15 is 0 Å². The third-order valence-electron chi connectivity index (χ3n) is 10.3. The monoisotopic (exact) mass is 691 g/mol. The van der Waals surface area contributed by atoms with Crippen LogP contribution in [0, 0.1) is 0 Å². The Morgan fingerprint density at radius 2 is 0.778 bits per heavy atom. The maximum Gasteiger partial charge on any atom is 0.164 e. The van der Waals surface area contributed by atoms with Gasteiger partial charge in [-0.2, -0.15) is 0 Å². The first-order valence-corrected chi connectivity index (χ1v) is 18.0. The van der Waals surface area contributed by atoms with E-state index in [4.69, 9.17) is 23.8 Å². The molecule has 11 aromatic rings. The predicted octanol–water partition coefficient (Wildman–Crippen LogP) is 13.2. The second-order valence-corrected chi connectivity index (χ2v) is 13.6. The maximum atomic E-state index is 6.71. The lowest BCUT2D eigenvalue weighted by Crippen LogP contribution is -2.00. The van der Waals surface area contributed by atoms with Crippen LogP contribution in [0.1, 0.15) is 0 Å². The zero-order chi connectivity index (χ0) is 35.6.